The number of hydrogen-bond acceptors (Lipinski definition) is 4. The summed E-state index contributed by atoms with van der Waals surface area (Å²) in [6.45, 7) is 6.15. The predicted octanol–water partition coefficient (Wildman–Crippen LogP) is -0.268. The van der Waals surface area contributed by atoms with Crippen molar-refractivity contribution < 1.29 is 9.53 Å². The first-order valence-electron chi connectivity index (χ1n) is 5.59. The summed E-state index contributed by atoms with van der Waals surface area (Å²) < 4.78 is 4.73. The molecule has 15 heavy (non-hydrogen) atoms. The lowest BCUT2D eigenvalue weighted by molar-refractivity contribution is 0.0414. The number of nitrogens with zero attached hydrogens (tertiary/aromatic N) is 2. The van der Waals surface area contributed by atoms with Gasteiger partial charge in [-0.2, -0.15) is 0 Å². The highest BCUT2D eigenvalue weighted by Crippen LogP contribution is 2.19. The van der Waals surface area contributed by atoms with Crippen molar-refractivity contribution in [3.8, 4) is 0 Å². The van der Waals surface area contributed by atoms with Crippen LogP contribution < -0.4 is 5.32 Å². The molecule has 0 aromatic rings. The lowest BCUT2D eigenvalue weighted by atomic mass is 10.0. The van der Waals surface area contributed by atoms with Crippen molar-refractivity contribution >= 4 is 6.09 Å². The van der Waals surface area contributed by atoms with E-state index >= 15 is 0 Å². The maximum atomic E-state index is 11.3. The van der Waals surface area contributed by atoms with E-state index in [0.29, 0.717) is 6.04 Å². The van der Waals surface area contributed by atoms with Gasteiger partial charge in [-0.1, -0.05) is 0 Å². The van der Waals surface area contributed by atoms with E-state index in [1.54, 1.807) is 0 Å². The van der Waals surface area contributed by atoms with Crippen molar-refractivity contribution in [2.24, 2.45) is 0 Å². The molecule has 2 rings (SSSR count). The van der Waals surface area contributed by atoms with Crippen LogP contribution >= 0.6 is 0 Å². The van der Waals surface area contributed by atoms with Crippen LogP contribution in [0.25, 0.3) is 0 Å². The zero-order chi connectivity index (χ0) is 10.7. The van der Waals surface area contributed by atoms with E-state index < -0.39 is 0 Å². The number of nitrogens with one attached hydrogen (secondary N) is 1. The Morgan fingerprint density at radius 1 is 1.40 bits per heavy atom. The number of methoxy groups -OCH3 is 1. The molecule has 0 spiro atoms. The second kappa shape index (κ2) is 4.81. The summed E-state index contributed by atoms with van der Waals surface area (Å²) >= 11 is 0. The standard InChI is InChI=1S/C10H19N3O2/c1-15-10(14)13-5-2-9(13)8-12-6-3-11-4-7-12/h9,11H,2-8H2,1H3. The molecule has 0 aromatic carbocycles. The van der Waals surface area contributed by atoms with Crippen LogP contribution in [0, 0.1) is 0 Å². The van der Waals surface area contributed by atoms with E-state index in [0.717, 1.165) is 45.7 Å². The molecule has 86 valence electrons. The first kappa shape index (κ1) is 10.7. The van der Waals surface area contributed by atoms with Crippen molar-refractivity contribution in [3.05, 3.63) is 0 Å². The minimum atomic E-state index is -0.179. The molecular formula is C10H19N3O2. The van der Waals surface area contributed by atoms with Gasteiger partial charge in [0.1, 0.15) is 0 Å². The van der Waals surface area contributed by atoms with Gasteiger partial charge < -0.3 is 15.0 Å². The maximum absolute atomic E-state index is 11.3. The Bertz CT molecular complexity index is 229. The molecule has 2 saturated heterocycles. The highest BCUT2D eigenvalue weighted by molar-refractivity contribution is 5.68. The fraction of sp³-hybridized carbons (Fsp3) is 0.900. The second-order valence-corrected chi connectivity index (χ2v) is 4.16. The van der Waals surface area contributed by atoms with E-state index in [2.05, 4.69) is 10.2 Å². The Morgan fingerprint density at radius 2 is 2.13 bits per heavy atom. The van der Waals surface area contributed by atoms with Gasteiger partial charge in [0, 0.05) is 45.3 Å². The van der Waals surface area contributed by atoms with Crippen molar-refractivity contribution in [2.75, 3.05) is 46.4 Å². The third-order valence-electron chi connectivity index (χ3n) is 3.23. The largest absolute Gasteiger partial charge is 0.453 e. The molecule has 2 aliphatic heterocycles. The van der Waals surface area contributed by atoms with Crippen LogP contribution in [0.3, 0.4) is 0 Å². The lowest BCUT2D eigenvalue weighted by Crippen LogP contribution is -2.57. The molecule has 0 aromatic heterocycles. The van der Waals surface area contributed by atoms with Crippen molar-refractivity contribution in [1.82, 2.24) is 15.1 Å². The number of amides is 1. The van der Waals surface area contributed by atoms with Crippen LogP contribution in [-0.2, 0) is 4.74 Å². The number of rotatable bonds is 2. The molecule has 1 atom stereocenters. The number of piperazine rings is 1. The second-order valence-electron chi connectivity index (χ2n) is 4.16. The highest BCUT2D eigenvalue weighted by Gasteiger charge is 2.34. The van der Waals surface area contributed by atoms with Crippen LogP contribution in [0.4, 0.5) is 4.79 Å². The maximum Gasteiger partial charge on any atom is 0.409 e. The van der Waals surface area contributed by atoms with Gasteiger partial charge in [0.2, 0.25) is 0 Å². The fourth-order valence-corrected chi connectivity index (χ4v) is 2.18. The van der Waals surface area contributed by atoms with E-state index in [-0.39, 0.29) is 6.09 Å². The third-order valence-corrected chi connectivity index (χ3v) is 3.23. The third kappa shape index (κ3) is 2.41. The molecule has 0 radical (unpaired) electrons. The molecule has 1 N–H and O–H groups in total. The van der Waals surface area contributed by atoms with Crippen LogP contribution in [0.2, 0.25) is 0 Å². The van der Waals surface area contributed by atoms with Crippen molar-refractivity contribution in [2.45, 2.75) is 12.5 Å². The minimum absolute atomic E-state index is 0.179. The first-order chi connectivity index (χ1) is 7.31. The van der Waals surface area contributed by atoms with Gasteiger partial charge >= 0.3 is 6.09 Å². The average molecular weight is 213 g/mol. The summed E-state index contributed by atoms with van der Waals surface area (Å²) in [6, 6.07) is 0.371. The van der Waals surface area contributed by atoms with Gasteiger partial charge in [-0.15, -0.1) is 0 Å². The van der Waals surface area contributed by atoms with Gasteiger partial charge in [0.05, 0.1) is 7.11 Å². The smallest absolute Gasteiger partial charge is 0.409 e. The van der Waals surface area contributed by atoms with E-state index in [1.807, 2.05) is 4.90 Å². The number of hydrogen-bond donors (Lipinski definition) is 1. The zero-order valence-corrected chi connectivity index (χ0v) is 9.24. The number of carbonyl (C=O) groups is 1. The van der Waals surface area contributed by atoms with E-state index in [4.69, 9.17) is 4.74 Å². The van der Waals surface area contributed by atoms with Crippen molar-refractivity contribution in [1.29, 1.82) is 0 Å². The molecule has 0 bridgehead atoms. The molecule has 5 heteroatoms. The molecule has 1 unspecified atom stereocenters. The molecule has 1 amide bonds. The van der Waals surface area contributed by atoms with Gasteiger partial charge in [-0.05, 0) is 6.42 Å². The van der Waals surface area contributed by atoms with Crippen molar-refractivity contribution in [3.63, 3.8) is 0 Å². The average Bonchev–Trinajstić information content (AvgIpc) is 2.25. The van der Waals surface area contributed by atoms with Gasteiger partial charge in [-0.25, -0.2) is 4.79 Å². The predicted molar refractivity (Wildman–Crippen MR) is 56.8 cm³/mol. The lowest BCUT2D eigenvalue weighted by Gasteiger charge is -2.43. The van der Waals surface area contributed by atoms with Gasteiger partial charge in [-0.3, -0.25) is 4.90 Å². The summed E-state index contributed by atoms with van der Waals surface area (Å²) in [7, 11) is 1.45. The first-order valence-corrected chi connectivity index (χ1v) is 5.59. The Labute approximate surface area is 90.4 Å². The quantitative estimate of drug-likeness (QED) is 0.686. The van der Waals surface area contributed by atoms with E-state index in [1.165, 1.54) is 7.11 Å². The molecule has 5 nitrogen and oxygen atoms in total. The molecular weight excluding hydrogens is 194 g/mol. The normalized spacial score (nSPS) is 27.3. The van der Waals surface area contributed by atoms with Crippen LogP contribution in [-0.4, -0.2) is 68.3 Å². The van der Waals surface area contributed by atoms with E-state index in [9.17, 15) is 4.79 Å². The Kier molecular flexibility index (Phi) is 3.43. The molecule has 2 aliphatic rings. The minimum Gasteiger partial charge on any atom is -0.453 e. The van der Waals surface area contributed by atoms with Crippen LogP contribution in [0.1, 0.15) is 6.42 Å². The fourth-order valence-electron chi connectivity index (χ4n) is 2.18. The molecule has 0 aliphatic carbocycles. The molecule has 2 fully saturated rings. The monoisotopic (exact) mass is 213 g/mol. The zero-order valence-electron chi connectivity index (χ0n) is 9.24. The number of ether oxygens (including phenoxy) is 1. The Balaban J connectivity index is 1.76. The number of likely N-dealkylation sites (tertiary alicyclic amines) is 1. The summed E-state index contributed by atoms with van der Waals surface area (Å²) in [5, 5.41) is 3.32. The Hall–Kier alpha value is -0.810. The molecule has 2 heterocycles. The summed E-state index contributed by atoms with van der Waals surface area (Å²) in [6.07, 6.45) is 0.931. The summed E-state index contributed by atoms with van der Waals surface area (Å²) in [4.78, 5) is 15.6. The topological polar surface area (TPSA) is 44.8 Å². The summed E-state index contributed by atoms with van der Waals surface area (Å²) in [5.41, 5.74) is 0. The van der Waals surface area contributed by atoms with Crippen LogP contribution in [0.5, 0.6) is 0 Å². The highest BCUT2D eigenvalue weighted by atomic mass is 16.5. The number of carbonyl (C=O) groups excluding carboxylic acids is 1. The van der Waals surface area contributed by atoms with Gasteiger partial charge in [0.25, 0.3) is 0 Å². The molecule has 0 saturated carbocycles. The Morgan fingerprint density at radius 3 is 2.67 bits per heavy atom. The SMILES string of the molecule is COC(=O)N1CCC1CN1CCNCC1. The van der Waals surface area contributed by atoms with Gasteiger partial charge in [0.15, 0.2) is 0 Å². The summed E-state index contributed by atoms with van der Waals surface area (Å²) in [5.74, 6) is 0. The van der Waals surface area contributed by atoms with Crippen LogP contribution in [0.15, 0.2) is 0 Å².